The van der Waals surface area contributed by atoms with E-state index in [2.05, 4.69) is 20.5 Å². The van der Waals surface area contributed by atoms with Crippen molar-refractivity contribution in [3.8, 4) is 21.1 Å². The number of hydrogen-bond donors (Lipinski definition) is 2. The molecule has 166 valence electrons. The number of fused-ring (bicyclic) bond motifs is 1. The van der Waals surface area contributed by atoms with Crippen molar-refractivity contribution < 1.29 is 9.53 Å². The highest BCUT2D eigenvalue weighted by atomic mass is 32.1. The van der Waals surface area contributed by atoms with Gasteiger partial charge < -0.3 is 15.0 Å². The Balaban J connectivity index is 1.85. The Morgan fingerprint density at radius 1 is 1.06 bits per heavy atom. The number of nitrogens with one attached hydrogen (secondary N) is 2. The van der Waals surface area contributed by atoms with Gasteiger partial charge in [-0.2, -0.15) is 0 Å². The Labute approximate surface area is 194 Å². The van der Waals surface area contributed by atoms with Gasteiger partial charge in [0, 0.05) is 19.2 Å². The summed E-state index contributed by atoms with van der Waals surface area (Å²) in [6, 6.07) is 9.83. The molecule has 0 aliphatic heterocycles. The monoisotopic (exact) mass is 468 g/mol. The topological polar surface area (TPSA) is 92.3 Å². The molecule has 2 N–H and O–H groups in total. The Kier molecular flexibility index (Phi) is 6.93. The van der Waals surface area contributed by atoms with Gasteiger partial charge in [-0.05, 0) is 43.9 Å². The van der Waals surface area contributed by atoms with Crippen LogP contribution in [0, 0.1) is 0 Å². The van der Waals surface area contributed by atoms with E-state index >= 15 is 0 Å². The van der Waals surface area contributed by atoms with E-state index in [1.807, 2.05) is 49.1 Å². The van der Waals surface area contributed by atoms with E-state index in [1.54, 1.807) is 35.7 Å². The third kappa shape index (κ3) is 5.04. The van der Waals surface area contributed by atoms with Crippen LogP contribution in [0.3, 0.4) is 0 Å². The fourth-order valence-electron chi connectivity index (χ4n) is 3.09. The highest BCUT2D eigenvalue weighted by molar-refractivity contribution is 7.14. The van der Waals surface area contributed by atoms with Gasteiger partial charge in [0.05, 0.1) is 22.0 Å². The smallest absolute Gasteiger partial charge is 0.412 e. The molecule has 4 rings (SSSR count). The summed E-state index contributed by atoms with van der Waals surface area (Å²) in [6.45, 7) is 3.57. The Bertz CT molecular complexity index is 1190. The number of amides is 1. The average molecular weight is 469 g/mol. The van der Waals surface area contributed by atoms with E-state index in [9.17, 15) is 4.79 Å². The fraction of sp³-hybridized carbons (Fsp3) is 0.273. The van der Waals surface area contributed by atoms with Crippen LogP contribution in [-0.2, 0) is 4.74 Å². The summed E-state index contributed by atoms with van der Waals surface area (Å²) in [7, 11) is 4.03. The molecule has 8 nitrogen and oxygen atoms in total. The zero-order chi connectivity index (χ0) is 22.5. The highest BCUT2D eigenvalue weighted by Crippen LogP contribution is 2.36. The van der Waals surface area contributed by atoms with E-state index < -0.39 is 6.09 Å². The van der Waals surface area contributed by atoms with Crippen LogP contribution < -0.4 is 10.6 Å². The predicted octanol–water partition coefficient (Wildman–Crippen LogP) is 5.02. The minimum atomic E-state index is -0.555. The second-order valence-corrected chi connectivity index (χ2v) is 9.07. The Hall–Kier alpha value is -3.08. The third-order valence-corrected chi connectivity index (χ3v) is 6.28. The number of carbonyl (C=O) groups excluding carboxylic acids is 1. The number of aromatic nitrogens is 3. The predicted molar refractivity (Wildman–Crippen MR) is 132 cm³/mol. The molecule has 0 saturated carbocycles. The summed E-state index contributed by atoms with van der Waals surface area (Å²) < 4.78 is 5.01. The molecule has 0 aromatic carbocycles. The largest absolute Gasteiger partial charge is 0.450 e. The number of anilines is 2. The van der Waals surface area contributed by atoms with Crippen LogP contribution in [-0.4, -0.2) is 59.7 Å². The molecule has 0 fully saturated rings. The number of likely N-dealkylation sites (N-methyl/N-ethyl adjacent to an activating group) is 1. The van der Waals surface area contributed by atoms with Gasteiger partial charge in [0.15, 0.2) is 5.65 Å². The third-order valence-electron chi connectivity index (χ3n) is 4.53. The van der Waals surface area contributed by atoms with E-state index in [0.717, 1.165) is 33.4 Å². The summed E-state index contributed by atoms with van der Waals surface area (Å²) in [5, 5.41) is 10.1. The first-order valence-electron chi connectivity index (χ1n) is 10.2. The second-order valence-electron chi connectivity index (χ2n) is 7.18. The van der Waals surface area contributed by atoms with Gasteiger partial charge in [0.25, 0.3) is 0 Å². The van der Waals surface area contributed by atoms with Gasteiger partial charge in [-0.15, -0.1) is 22.7 Å². The summed E-state index contributed by atoms with van der Waals surface area (Å²) in [5.74, 6) is 0.360. The molecule has 0 atom stereocenters. The molecular weight excluding hydrogens is 444 g/mol. The molecule has 4 heterocycles. The van der Waals surface area contributed by atoms with E-state index in [-0.39, 0.29) is 6.61 Å². The first-order valence-corrected chi connectivity index (χ1v) is 11.9. The summed E-state index contributed by atoms with van der Waals surface area (Å²) >= 11 is 3.22. The standard InChI is InChI=1S/C22H24N6O2S2/c1-4-30-22(29)25-17-13-14(23-9-10-28(2)3)18-21(24-17)27-20(16-8-6-12-32-16)19(26-18)15-7-5-11-31-15/h5-8,11-13H,4,9-10H2,1-3H3,(H2,23,24,25,27,29). The van der Waals surface area contributed by atoms with Crippen molar-refractivity contribution in [2.75, 3.05) is 44.4 Å². The maximum absolute atomic E-state index is 12.0. The lowest BCUT2D eigenvalue weighted by Gasteiger charge is -2.15. The molecule has 0 spiro atoms. The van der Waals surface area contributed by atoms with Gasteiger partial charge in [0.2, 0.25) is 0 Å². The van der Waals surface area contributed by atoms with Crippen LogP contribution in [0.5, 0.6) is 0 Å². The zero-order valence-corrected chi connectivity index (χ0v) is 19.7. The van der Waals surface area contributed by atoms with Crippen LogP contribution in [0.1, 0.15) is 6.92 Å². The molecule has 10 heteroatoms. The maximum atomic E-state index is 12.0. The number of rotatable bonds is 8. The van der Waals surface area contributed by atoms with E-state index in [0.29, 0.717) is 23.5 Å². The number of thiophene rings is 2. The van der Waals surface area contributed by atoms with Crippen LogP contribution in [0.25, 0.3) is 32.3 Å². The van der Waals surface area contributed by atoms with Gasteiger partial charge in [-0.1, -0.05) is 12.1 Å². The van der Waals surface area contributed by atoms with E-state index in [4.69, 9.17) is 14.7 Å². The van der Waals surface area contributed by atoms with Crippen molar-refractivity contribution in [2.24, 2.45) is 0 Å². The van der Waals surface area contributed by atoms with Crippen molar-refractivity contribution in [1.29, 1.82) is 0 Å². The molecular formula is C22H24N6O2S2. The summed E-state index contributed by atoms with van der Waals surface area (Å²) in [5.41, 5.74) is 3.46. The van der Waals surface area contributed by atoms with Gasteiger partial charge in [0.1, 0.15) is 22.7 Å². The molecule has 0 unspecified atom stereocenters. The lowest BCUT2D eigenvalue weighted by molar-refractivity contribution is 0.168. The van der Waals surface area contributed by atoms with Crippen molar-refractivity contribution in [3.63, 3.8) is 0 Å². The molecule has 0 saturated heterocycles. The van der Waals surface area contributed by atoms with Crippen molar-refractivity contribution in [3.05, 3.63) is 41.1 Å². The normalized spacial score (nSPS) is 11.1. The summed E-state index contributed by atoms with van der Waals surface area (Å²) in [4.78, 5) is 30.6. The molecule has 4 aromatic rings. The Morgan fingerprint density at radius 3 is 2.34 bits per heavy atom. The first-order chi connectivity index (χ1) is 15.5. The lowest BCUT2D eigenvalue weighted by Crippen LogP contribution is -2.21. The SMILES string of the molecule is CCOC(=O)Nc1cc(NCCN(C)C)c2nc(-c3cccs3)c(-c3cccs3)nc2n1. The first kappa shape index (κ1) is 22.1. The molecule has 0 radical (unpaired) electrons. The van der Waals surface area contributed by atoms with Crippen LogP contribution in [0.2, 0.25) is 0 Å². The van der Waals surface area contributed by atoms with Crippen molar-refractivity contribution >= 4 is 51.4 Å². The molecule has 1 amide bonds. The minimum absolute atomic E-state index is 0.278. The molecule has 32 heavy (non-hydrogen) atoms. The zero-order valence-electron chi connectivity index (χ0n) is 18.1. The highest BCUT2D eigenvalue weighted by Gasteiger charge is 2.19. The molecule has 4 aromatic heterocycles. The van der Waals surface area contributed by atoms with Gasteiger partial charge >= 0.3 is 6.09 Å². The number of nitrogens with zero attached hydrogens (tertiary/aromatic N) is 4. The van der Waals surface area contributed by atoms with Crippen molar-refractivity contribution in [2.45, 2.75) is 6.92 Å². The second kappa shape index (κ2) is 10.0. The Morgan fingerprint density at radius 2 is 1.75 bits per heavy atom. The van der Waals surface area contributed by atoms with Gasteiger partial charge in [-0.25, -0.2) is 19.7 Å². The average Bonchev–Trinajstić information content (AvgIpc) is 3.47. The fourth-order valence-corrected chi connectivity index (χ4v) is 4.52. The molecule has 0 aliphatic rings. The quantitative estimate of drug-likeness (QED) is 0.375. The summed E-state index contributed by atoms with van der Waals surface area (Å²) in [6.07, 6.45) is -0.555. The molecule has 0 aliphatic carbocycles. The van der Waals surface area contributed by atoms with E-state index in [1.165, 1.54) is 0 Å². The van der Waals surface area contributed by atoms with Crippen molar-refractivity contribution in [1.82, 2.24) is 19.9 Å². The number of ether oxygens (including phenoxy) is 1. The van der Waals surface area contributed by atoms with Gasteiger partial charge in [-0.3, -0.25) is 5.32 Å². The minimum Gasteiger partial charge on any atom is -0.450 e. The lowest BCUT2D eigenvalue weighted by atomic mass is 10.2. The number of carbonyl (C=O) groups is 1. The molecule has 0 bridgehead atoms. The van der Waals surface area contributed by atoms with Crippen LogP contribution in [0.15, 0.2) is 41.1 Å². The number of pyridine rings is 1. The van der Waals surface area contributed by atoms with Crippen LogP contribution >= 0.6 is 22.7 Å². The number of hydrogen-bond acceptors (Lipinski definition) is 9. The maximum Gasteiger partial charge on any atom is 0.412 e. The van der Waals surface area contributed by atoms with Crippen LogP contribution in [0.4, 0.5) is 16.3 Å².